The molecule has 0 aliphatic heterocycles. The minimum Gasteiger partial charge on any atom is -0.135 e. The summed E-state index contributed by atoms with van der Waals surface area (Å²) < 4.78 is 2.73. The summed E-state index contributed by atoms with van der Waals surface area (Å²) >= 11 is 1.90. The first-order valence-corrected chi connectivity index (χ1v) is 12.9. The van der Waals surface area contributed by atoms with E-state index >= 15 is 0 Å². The molecule has 0 nitrogen and oxygen atoms in total. The summed E-state index contributed by atoms with van der Waals surface area (Å²) in [5, 5.41) is 7.93. The van der Waals surface area contributed by atoms with Gasteiger partial charge >= 0.3 is 0 Å². The Morgan fingerprint density at radius 3 is 1.83 bits per heavy atom. The highest BCUT2D eigenvalue weighted by Crippen LogP contribution is 2.43. The topological polar surface area (TPSA) is 0 Å². The fourth-order valence-electron chi connectivity index (χ4n) is 5.63. The zero-order valence-electron chi connectivity index (χ0n) is 19.8. The molecule has 0 radical (unpaired) electrons. The van der Waals surface area contributed by atoms with Gasteiger partial charge < -0.3 is 0 Å². The highest BCUT2D eigenvalue weighted by atomic mass is 32.1. The molecule has 35 heavy (non-hydrogen) atoms. The fourth-order valence-corrected chi connectivity index (χ4v) is 6.86. The third kappa shape index (κ3) is 3.12. The Labute approximate surface area is 209 Å². The summed E-state index contributed by atoms with van der Waals surface area (Å²) in [7, 11) is 0. The van der Waals surface area contributed by atoms with Crippen LogP contribution >= 0.6 is 11.3 Å². The molecule has 1 aromatic heterocycles. The molecule has 0 aliphatic rings. The predicted octanol–water partition coefficient (Wildman–Crippen LogP) is 10.3. The second-order valence-electron chi connectivity index (χ2n) is 9.45. The maximum Gasteiger partial charge on any atom is 0.0433 e. The zero-order valence-corrected chi connectivity index (χ0v) is 20.6. The van der Waals surface area contributed by atoms with Crippen LogP contribution in [0.3, 0.4) is 0 Å². The van der Waals surface area contributed by atoms with E-state index in [0.717, 1.165) is 0 Å². The average molecular weight is 465 g/mol. The zero-order chi connectivity index (χ0) is 23.5. The molecule has 6 aromatic carbocycles. The lowest BCUT2D eigenvalue weighted by Crippen LogP contribution is -1.92. The Morgan fingerprint density at radius 1 is 0.429 bits per heavy atom. The van der Waals surface area contributed by atoms with Crippen molar-refractivity contribution in [1.82, 2.24) is 0 Å². The highest BCUT2D eigenvalue weighted by molar-refractivity contribution is 7.26. The van der Waals surface area contributed by atoms with Crippen LogP contribution in [0.25, 0.3) is 64.0 Å². The van der Waals surface area contributed by atoms with Gasteiger partial charge in [0.05, 0.1) is 0 Å². The van der Waals surface area contributed by atoms with E-state index in [0.29, 0.717) is 0 Å². The average Bonchev–Trinajstić information content (AvgIpc) is 3.28. The van der Waals surface area contributed by atoms with Gasteiger partial charge in [0.15, 0.2) is 0 Å². The van der Waals surface area contributed by atoms with Crippen LogP contribution in [-0.4, -0.2) is 0 Å². The first-order valence-electron chi connectivity index (χ1n) is 12.1. The van der Waals surface area contributed by atoms with E-state index in [-0.39, 0.29) is 0 Å². The van der Waals surface area contributed by atoms with Crippen LogP contribution in [0.5, 0.6) is 0 Å². The monoisotopic (exact) mass is 464 g/mol. The quantitative estimate of drug-likeness (QED) is 0.223. The van der Waals surface area contributed by atoms with Gasteiger partial charge in [0, 0.05) is 20.2 Å². The lowest BCUT2D eigenvalue weighted by atomic mass is 9.88. The molecular formula is C34H24S. The molecule has 166 valence electrons. The van der Waals surface area contributed by atoms with Crippen molar-refractivity contribution in [3.63, 3.8) is 0 Å². The van der Waals surface area contributed by atoms with Gasteiger partial charge in [0.25, 0.3) is 0 Å². The van der Waals surface area contributed by atoms with Gasteiger partial charge in [-0.2, -0.15) is 0 Å². The summed E-state index contributed by atoms with van der Waals surface area (Å²) in [4.78, 5) is 0. The lowest BCUT2D eigenvalue weighted by molar-refractivity contribution is 1.40. The minimum absolute atomic E-state index is 1.29. The lowest BCUT2D eigenvalue weighted by Gasteiger charge is -2.16. The molecule has 0 atom stereocenters. The number of aryl methyl sites for hydroxylation is 2. The third-order valence-electron chi connectivity index (χ3n) is 7.32. The standard InChI is InChI=1S/C34H24S/c1-21-19-31(32-20-23-10-3-4-11-24(23)25-12-5-6-13-26(25)32)22(2)18-30(21)29-16-9-15-28-27-14-7-8-17-33(27)35-34(28)29/h3-20H,1-2H3. The number of thiophene rings is 1. The fraction of sp³-hybridized carbons (Fsp3) is 0.0588. The Kier molecular flexibility index (Phi) is 4.55. The number of fused-ring (bicyclic) bond motifs is 6. The molecule has 0 spiro atoms. The SMILES string of the molecule is Cc1cc(-c2cccc3c2sc2ccccc23)c(C)cc1-c1cc2ccccc2c2ccccc12. The van der Waals surface area contributed by atoms with Crippen molar-refractivity contribution >= 4 is 53.1 Å². The summed E-state index contributed by atoms with van der Waals surface area (Å²) in [5.41, 5.74) is 7.91. The Hall–Kier alpha value is -3.94. The van der Waals surface area contributed by atoms with Crippen molar-refractivity contribution in [3.05, 3.63) is 120 Å². The molecule has 0 N–H and O–H groups in total. The molecule has 0 unspecified atom stereocenters. The van der Waals surface area contributed by atoms with Crippen LogP contribution in [0.15, 0.2) is 109 Å². The summed E-state index contributed by atoms with van der Waals surface area (Å²) in [6.45, 7) is 4.51. The normalized spacial score (nSPS) is 11.7. The molecule has 7 rings (SSSR count). The van der Waals surface area contributed by atoms with Crippen molar-refractivity contribution in [2.24, 2.45) is 0 Å². The van der Waals surface area contributed by atoms with Crippen molar-refractivity contribution in [2.45, 2.75) is 13.8 Å². The predicted molar refractivity (Wildman–Crippen MR) is 155 cm³/mol. The van der Waals surface area contributed by atoms with Crippen molar-refractivity contribution in [3.8, 4) is 22.3 Å². The summed E-state index contributed by atoms with van der Waals surface area (Å²) in [6, 6.07) is 40.2. The second-order valence-corrected chi connectivity index (χ2v) is 10.5. The van der Waals surface area contributed by atoms with E-state index in [1.54, 1.807) is 0 Å². The highest BCUT2D eigenvalue weighted by Gasteiger charge is 2.15. The van der Waals surface area contributed by atoms with Crippen LogP contribution in [-0.2, 0) is 0 Å². The molecule has 0 amide bonds. The minimum atomic E-state index is 1.29. The molecule has 0 saturated heterocycles. The van der Waals surface area contributed by atoms with Crippen LogP contribution in [0.1, 0.15) is 11.1 Å². The van der Waals surface area contributed by atoms with Gasteiger partial charge in [-0.3, -0.25) is 0 Å². The Morgan fingerprint density at radius 2 is 1.03 bits per heavy atom. The molecule has 0 aliphatic carbocycles. The Balaban J connectivity index is 1.48. The van der Waals surface area contributed by atoms with Gasteiger partial charge in [-0.05, 0) is 80.9 Å². The van der Waals surface area contributed by atoms with Crippen LogP contribution in [0.2, 0.25) is 0 Å². The maximum atomic E-state index is 2.40. The van der Waals surface area contributed by atoms with E-state index in [1.165, 1.54) is 75.1 Å². The van der Waals surface area contributed by atoms with Gasteiger partial charge in [-0.25, -0.2) is 0 Å². The summed E-state index contributed by atoms with van der Waals surface area (Å²) in [6.07, 6.45) is 0. The van der Waals surface area contributed by atoms with Gasteiger partial charge in [0.1, 0.15) is 0 Å². The second kappa shape index (κ2) is 7.80. The smallest absolute Gasteiger partial charge is 0.0433 e. The maximum absolute atomic E-state index is 2.40. The summed E-state index contributed by atoms with van der Waals surface area (Å²) in [5.74, 6) is 0. The number of hydrogen-bond donors (Lipinski definition) is 0. The number of rotatable bonds is 2. The molecule has 1 heteroatoms. The van der Waals surface area contributed by atoms with Gasteiger partial charge in [0.2, 0.25) is 0 Å². The van der Waals surface area contributed by atoms with Crippen LogP contribution < -0.4 is 0 Å². The molecule has 0 saturated carbocycles. The molecule has 0 bridgehead atoms. The van der Waals surface area contributed by atoms with Gasteiger partial charge in [-0.1, -0.05) is 97.1 Å². The first kappa shape index (κ1) is 20.4. The van der Waals surface area contributed by atoms with Crippen LogP contribution in [0, 0.1) is 13.8 Å². The number of hydrogen-bond acceptors (Lipinski definition) is 1. The van der Waals surface area contributed by atoms with Crippen molar-refractivity contribution < 1.29 is 0 Å². The molecular weight excluding hydrogens is 440 g/mol. The third-order valence-corrected chi connectivity index (χ3v) is 8.54. The molecule has 1 heterocycles. The van der Waals surface area contributed by atoms with E-state index in [1.807, 2.05) is 11.3 Å². The Bertz CT molecular complexity index is 1920. The van der Waals surface area contributed by atoms with E-state index < -0.39 is 0 Å². The van der Waals surface area contributed by atoms with E-state index in [2.05, 4.69) is 123 Å². The van der Waals surface area contributed by atoms with E-state index in [9.17, 15) is 0 Å². The van der Waals surface area contributed by atoms with E-state index in [4.69, 9.17) is 0 Å². The largest absolute Gasteiger partial charge is 0.135 e. The van der Waals surface area contributed by atoms with Crippen LogP contribution in [0.4, 0.5) is 0 Å². The number of benzene rings is 6. The van der Waals surface area contributed by atoms with Crippen molar-refractivity contribution in [2.75, 3.05) is 0 Å². The molecule has 7 aromatic rings. The van der Waals surface area contributed by atoms with Crippen molar-refractivity contribution in [1.29, 1.82) is 0 Å². The van der Waals surface area contributed by atoms with Gasteiger partial charge in [-0.15, -0.1) is 11.3 Å². The first-order chi connectivity index (χ1) is 17.2. The molecule has 0 fully saturated rings.